The second-order valence-corrected chi connectivity index (χ2v) is 10.8. The Kier molecular flexibility index (Phi) is 9.77. The maximum atomic E-state index is 14.2. The Morgan fingerprint density at radius 1 is 0.900 bits per heavy atom. The first-order valence-corrected chi connectivity index (χ1v) is 14.2. The number of nitro benzene ring substituents is 2. The topological polar surface area (TPSA) is 129 Å². The first-order valence-electron chi connectivity index (χ1n) is 14.2. The van der Waals surface area contributed by atoms with Crippen LogP contribution in [0.2, 0.25) is 0 Å². The average molecular weight is 544 g/mol. The lowest BCUT2D eigenvalue weighted by Gasteiger charge is -2.37. The van der Waals surface area contributed by atoms with Gasteiger partial charge in [0.15, 0.2) is 5.78 Å². The lowest BCUT2D eigenvalue weighted by atomic mass is 9.67. The van der Waals surface area contributed by atoms with E-state index in [1.54, 1.807) is 0 Å². The molecule has 0 heterocycles. The van der Waals surface area contributed by atoms with Gasteiger partial charge in [-0.05, 0) is 53.5 Å². The lowest BCUT2D eigenvalue weighted by molar-refractivity contribution is -0.394. The van der Waals surface area contributed by atoms with Crippen LogP contribution in [0, 0.1) is 26.1 Å². The minimum absolute atomic E-state index is 0.00946. The number of nitro groups is 2. The molecule has 1 aliphatic carbocycles. The van der Waals surface area contributed by atoms with Crippen LogP contribution in [0.4, 0.5) is 11.4 Å². The van der Waals surface area contributed by atoms with Gasteiger partial charge in [0, 0.05) is 23.7 Å². The van der Waals surface area contributed by atoms with Gasteiger partial charge >= 0.3 is 0 Å². The Morgan fingerprint density at radius 2 is 1.52 bits per heavy atom. The second-order valence-electron chi connectivity index (χ2n) is 10.8. The summed E-state index contributed by atoms with van der Waals surface area (Å²) in [5, 5.41) is 25.0. The van der Waals surface area contributed by atoms with Crippen molar-refractivity contribution in [3.05, 3.63) is 104 Å². The zero-order chi connectivity index (χ0) is 28.6. The zero-order valence-corrected chi connectivity index (χ0v) is 22.8. The van der Waals surface area contributed by atoms with Gasteiger partial charge in [-0.3, -0.25) is 25.0 Å². The van der Waals surface area contributed by atoms with E-state index in [4.69, 9.17) is 5.73 Å². The summed E-state index contributed by atoms with van der Waals surface area (Å²) in [5.74, 6) is -1.00. The Balaban J connectivity index is 1.65. The van der Waals surface area contributed by atoms with Crippen molar-refractivity contribution in [3.63, 3.8) is 0 Å². The average Bonchev–Trinajstić information content (AvgIpc) is 2.95. The summed E-state index contributed by atoms with van der Waals surface area (Å²) in [6.45, 7) is 3.77. The Labute approximate surface area is 234 Å². The van der Waals surface area contributed by atoms with Crippen molar-refractivity contribution in [2.24, 2.45) is 11.7 Å². The van der Waals surface area contributed by atoms with E-state index < -0.39 is 27.1 Å². The molecule has 0 bridgehead atoms. The molecule has 3 unspecified atom stereocenters. The molecule has 0 saturated heterocycles. The molecule has 3 aromatic carbocycles. The van der Waals surface area contributed by atoms with Gasteiger partial charge in [-0.1, -0.05) is 81.0 Å². The molecule has 8 heteroatoms. The minimum Gasteiger partial charge on any atom is -0.324 e. The summed E-state index contributed by atoms with van der Waals surface area (Å²) in [6.07, 6.45) is 12.3. The number of fused-ring (bicyclic) bond motifs is 3. The molecule has 3 aromatic rings. The summed E-state index contributed by atoms with van der Waals surface area (Å²) in [4.78, 5) is 36.0. The van der Waals surface area contributed by atoms with Gasteiger partial charge in [0.05, 0.1) is 21.8 Å². The number of hydrogen-bond acceptors (Lipinski definition) is 6. The quantitative estimate of drug-likeness (QED) is 0.0715. The van der Waals surface area contributed by atoms with Gasteiger partial charge in [-0.15, -0.1) is 6.58 Å². The third-order valence-corrected chi connectivity index (χ3v) is 8.12. The van der Waals surface area contributed by atoms with Gasteiger partial charge in [-0.2, -0.15) is 0 Å². The van der Waals surface area contributed by atoms with E-state index in [1.807, 2.05) is 42.5 Å². The van der Waals surface area contributed by atoms with Crippen LogP contribution < -0.4 is 5.73 Å². The van der Waals surface area contributed by atoms with E-state index in [2.05, 4.69) is 6.58 Å². The molecule has 0 spiro atoms. The number of carbonyl (C=O) groups is 1. The van der Waals surface area contributed by atoms with E-state index in [-0.39, 0.29) is 23.3 Å². The molecular formula is C32H37N3O5. The minimum atomic E-state index is -0.696. The van der Waals surface area contributed by atoms with Crippen molar-refractivity contribution >= 4 is 27.9 Å². The summed E-state index contributed by atoms with van der Waals surface area (Å²) in [6, 6.07) is 14.8. The standard InChI is InChI=1S/C32H37N3O5/c1-2-3-4-5-6-7-8-9-10-14-23-20-29(33)28-17-16-22-13-11-12-15-27(22)31(28)30(23)32(36)24-18-25(34(37)38)21-26(19-24)35(39)40/h2,11-13,15-19,21,23,29-30H,1,3-10,14,20,33H2. The molecule has 4 rings (SSSR count). The predicted molar refractivity (Wildman–Crippen MR) is 158 cm³/mol. The second kappa shape index (κ2) is 13.4. The van der Waals surface area contributed by atoms with Crippen LogP contribution in [-0.4, -0.2) is 15.6 Å². The van der Waals surface area contributed by atoms with Crippen molar-refractivity contribution in [2.75, 3.05) is 0 Å². The molecule has 0 aromatic heterocycles. The molecule has 2 N–H and O–H groups in total. The van der Waals surface area contributed by atoms with Crippen molar-refractivity contribution in [1.82, 2.24) is 0 Å². The number of nitrogens with zero attached hydrogens (tertiary/aromatic N) is 2. The van der Waals surface area contributed by atoms with Gasteiger partial charge in [-0.25, -0.2) is 0 Å². The smallest absolute Gasteiger partial charge is 0.277 e. The molecule has 40 heavy (non-hydrogen) atoms. The zero-order valence-electron chi connectivity index (χ0n) is 22.8. The predicted octanol–water partition coefficient (Wildman–Crippen LogP) is 8.34. The number of hydrogen-bond donors (Lipinski definition) is 1. The van der Waals surface area contributed by atoms with Crippen LogP contribution in [0.25, 0.3) is 10.8 Å². The molecule has 3 atom stereocenters. The number of nitrogens with two attached hydrogens (primary N) is 1. The van der Waals surface area contributed by atoms with Gasteiger partial charge < -0.3 is 5.73 Å². The monoisotopic (exact) mass is 543 g/mol. The molecule has 8 nitrogen and oxygen atoms in total. The molecule has 0 fully saturated rings. The number of allylic oxidation sites excluding steroid dienone is 1. The normalized spacial score (nSPS) is 18.3. The van der Waals surface area contributed by atoms with E-state index in [9.17, 15) is 25.0 Å². The fraction of sp³-hybridized carbons (Fsp3) is 0.406. The number of non-ortho nitro benzene ring substituents is 2. The highest BCUT2D eigenvalue weighted by Gasteiger charge is 2.39. The molecule has 0 aliphatic heterocycles. The molecule has 0 saturated carbocycles. The highest BCUT2D eigenvalue weighted by Crippen LogP contribution is 2.47. The molecule has 1 aliphatic rings. The largest absolute Gasteiger partial charge is 0.324 e. The lowest BCUT2D eigenvalue weighted by Crippen LogP contribution is -2.33. The van der Waals surface area contributed by atoms with E-state index in [0.29, 0.717) is 6.42 Å². The summed E-state index contributed by atoms with van der Waals surface area (Å²) >= 11 is 0. The summed E-state index contributed by atoms with van der Waals surface area (Å²) < 4.78 is 0. The van der Waals surface area contributed by atoms with Crippen LogP contribution in [-0.2, 0) is 0 Å². The highest BCUT2D eigenvalue weighted by atomic mass is 16.6. The summed E-state index contributed by atoms with van der Waals surface area (Å²) in [7, 11) is 0. The SMILES string of the molecule is C=CCCCCCCCCCC1CC(N)c2ccc3ccccc3c2C1C(=O)c1cc([N+](=O)[O-])cc([N+](=O)[O-])c1. The number of benzene rings is 3. The molecule has 0 amide bonds. The third kappa shape index (κ3) is 6.62. The van der Waals surface area contributed by atoms with Crippen LogP contribution in [0.15, 0.2) is 67.3 Å². The van der Waals surface area contributed by atoms with Crippen molar-refractivity contribution in [2.45, 2.75) is 76.2 Å². The molecular weight excluding hydrogens is 506 g/mol. The molecule has 0 radical (unpaired) electrons. The van der Waals surface area contributed by atoms with Crippen LogP contribution in [0.3, 0.4) is 0 Å². The fourth-order valence-electron chi connectivity index (χ4n) is 6.14. The van der Waals surface area contributed by atoms with Crippen LogP contribution in [0.5, 0.6) is 0 Å². The first-order chi connectivity index (χ1) is 19.3. The van der Waals surface area contributed by atoms with E-state index >= 15 is 0 Å². The van der Waals surface area contributed by atoms with Crippen molar-refractivity contribution in [1.29, 1.82) is 0 Å². The Hall–Kier alpha value is -3.91. The highest BCUT2D eigenvalue weighted by molar-refractivity contribution is 6.05. The Bertz CT molecular complexity index is 1370. The van der Waals surface area contributed by atoms with Crippen LogP contribution in [0.1, 0.15) is 97.7 Å². The number of unbranched alkanes of at least 4 members (excludes halogenated alkanes) is 7. The number of Topliss-reactive ketones (excluding diaryl/α,β-unsaturated/α-hetero) is 1. The van der Waals surface area contributed by atoms with E-state index in [1.165, 1.54) is 25.7 Å². The maximum Gasteiger partial charge on any atom is 0.277 e. The van der Waals surface area contributed by atoms with Crippen molar-refractivity contribution < 1.29 is 14.6 Å². The summed E-state index contributed by atoms with van der Waals surface area (Å²) in [5.41, 5.74) is 7.48. The fourth-order valence-corrected chi connectivity index (χ4v) is 6.14. The number of rotatable bonds is 14. The van der Waals surface area contributed by atoms with E-state index in [0.717, 1.165) is 72.2 Å². The van der Waals surface area contributed by atoms with Gasteiger partial charge in [0.2, 0.25) is 0 Å². The van der Waals surface area contributed by atoms with Gasteiger partial charge in [0.1, 0.15) is 0 Å². The van der Waals surface area contributed by atoms with Crippen molar-refractivity contribution in [3.8, 4) is 0 Å². The number of ketones is 1. The van der Waals surface area contributed by atoms with Crippen LogP contribution >= 0.6 is 0 Å². The number of carbonyl (C=O) groups excluding carboxylic acids is 1. The molecule has 210 valence electrons. The Morgan fingerprint density at radius 3 is 2.17 bits per heavy atom. The first kappa shape index (κ1) is 29.1. The third-order valence-electron chi connectivity index (χ3n) is 8.12. The van der Waals surface area contributed by atoms with Gasteiger partial charge in [0.25, 0.3) is 11.4 Å². The maximum absolute atomic E-state index is 14.2.